The Hall–Kier alpha value is -2.33. The fraction of sp³-hybridized carbons (Fsp3) is 0.458. The number of anilines is 1. The maximum Gasteiger partial charge on any atom is 0.154 e. The third-order valence-corrected chi connectivity index (χ3v) is 6.12. The first kappa shape index (κ1) is 19.0. The minimum Gasteiger partial charge on any atom is -0.355 e. The molecule has 2 aromatic rings. The molecule has 4 heteroatoms. The van der Waals surface area contributed by atoms with Crippen molar-refractivity contribution in [3.63, 3.8) is 0 Å². The zero-order valence-corrected chi connectivity index (χ0v) is 17.5. The Kier molecular flexibility index (Phi) is 4.92. The molecule has 1 saturated heterocycles. The smallest absolute Gasteiger partial charge is 0.154 e. The van der Waals surface area contributed by atoms with E-state index in [4.69, 9.17) is 0 Å². The van der Waals surface area contributed by atoms with Gasteiger partial charge in [0, 0.05) is 31.6 Å². The maximum absolute atomic E-state index is 12.1. The van der Waals surface area contributed by atoms with E-state index in [1.54, 1.807) is 0 Å². The minimum atomic E-state index is 0.161. The topological polar surface area (TPSA) is 28.5 Å². The first-order valence-electron chi connectivity index (χ1n) is 10.3. The molecule has 1 aliphatic carbocycles. The van der Waals surface area contributed by atoms with Crippen molar-refractivity contribution in [2.75, 3.05) is 38.1 Å². The van der Waals surface area contributed by atoms with Crippen molar-refractivity contribution in [3.05, 3.63) is 53.6 Å². The van der Waals surface area contributed by atoms with Gasteiger partial charge in [-0.2, -0.15) is 0 Å². The summed E-state index contributed by atoms with van der Waals surface area (Å²) in [5, 5.41) is 1.06. The summed E-state index contributed by atoms with van der Waals surface area (Å²) in [6.45, 7) is 10.7. The van der Waals surface area contributed by atoms with Gasteiger partial charge < -0.3 is 14.4 Å². The summed E-state index contributed by atoms with van der Waals surface area (Å²) in [7, 11) is 2.16. The predicted octanol–water partition coefficient (Wildman–Crippen LogP) is 4.68. The van der Waals surface area contributed by atoms with Crippen LogP contribution in [0.4, 0.5) is 5.82 Å². The number of aldehydes is 1. The van der Waals surface area contributed by atoms with Crippen LogP contribution in [0.5, 0.6) is 0 Å². The molecule has 4 nitrogen and oxygen atoms in total. The van der Waals surface area contributed by atoms with Gasteiger partial charge >= 0.3 is 0 Å². The normalized spacial score (nSPS) is 21.2. The van der Waals surface area contributed by atoms with E-state index < -0.39 is 0 Å². The van der Waals surface area contributed by atoms with Gasteiger partial charge in [0.15, 0.2) is 6.29 Å². The Morgan fingerprint density at radius 2 is 1.79 bits per heavy atom. The van der Waals surface area contributed by atoms with Crippen molar-refractivity contribution in [2.24, 2.45) is 5.41 Å². The van der Waals surface area contributed by atoms with Crippen LogP contribution in [0, 0.1) is 5.41 Å². The number of benzene rings is 1. The molecule has 148 valence electrons. The number of carbonyl (C=O) groups excluding carboxylic acids is 1. The van der Waals surface area contributed by atoms with Crippen LogP contribution in [0.3, 0.4) is 0 Å². The molecular weight excluding hydrogens is 346 g/mol. The number of likely N-dealkylation sites (N-methyl/N-ethyl adjacent to an activating group) is 1. The molecule has 0 saturated carbocycles. The second-order valence-electron chi connectivity index (χ2n) is 9.10. The molecule has 1 unspecified atom stereocenters. The van der Waals surface area contributed by atoms with Crippen LogP contribution in [0.2, 0.25) is 0 Å². The first-order valence-corrected chi connectivity index (χ1v) is 10.3. The lowest BCUT2D eigenvalue weighted by atomic mass is 9.83. The highest BCUT2D eigenvalue weighted by Gasteiger charge is 2.28. The Morgan fingerprint density at radius 1 is 1.07 bits per heavy atom. The molecule has 0 bridgehead atoms. The molecule has 2 heterocycles. The van der Waals surface area contributed by atoms with Crippen LogP contribution in [0.1, 0.15) is 43.6 Å². The van der Waals surface area contributed by atoms with Crippen molar-refractivity contribution in [3.8, 4) is 0 Å². The molecule has 0 radical (unpaired) electrons. The van der Waals surface area contributed by atoms with E-state index in [2.05, 4.69) is 78.6 Å². The van der Waals surface area contributed by atoms with Gasteiger partial charge in [0.05, 0.1) is 17.1 Å². The van der Waals surface area contributed by atoms with Crippen LogP contribution in [-0.4, -0.2) is 49.0 Å². The molecular formula is C24H31N3O. The van der Waals surface area contributed by atoms with E-state index in [9.17, 15) is 4.79 Å². The molecule has 2 aliphatic rings. The molecule has 1 fully saturated rings. The number of fused-ring (bicyclic) bond motifs is 1. The lowest BCUT2D eigenvalue weighted by molar-refractivity contribution is 0.112. The van der Waals surface area contributed by atoms with Gasteiger partial charge in [-0.15, -0.1) is 0 Å². The number of hydrogen-bond donors (Lipinski definition) is 0. The SMILES string of the molecule is CN1CCN(c2c(C=O)c3ccccc3n2C2C=CC(C(C)(C)C)=CC2)CC1. The lowest BCUT2D eigenvalue weighted by Crippen LogP contribution is -2.45. The van der Waals surface area contributed by atoms with Gasteiger partial charge in [-0.3, -0.25) is 4.79 Å². The first-order chi connectivity index (χ1) is 13.4. The van der Waals surface area contributed by atoms with E-state index in [1.165, 1.54) is 5.57 Å². The fourth-order valence-electron chi connectivity index (χ4n) is 4.43. The molecule has 1 aliphatic heterocycles. The standard InChI is InChI=1S/C24H31N3O/c1-24(2,3)18-9-11-19(12-10-18)27-22-8-6-5-7-20(22)21(17-28)23(27)26-15-13-25(4)14-16-26/h5-11,17,19H,12-16H2,1-4H3. The number of nitrogens with zero attached hydrogens (tertiary/aromatic N) is 3. The van der Waals surface area contributed by atoms with Gasteiger partial charge in [-0.05, 0) is 30.5 Å². The Bertz CT molecular complexity index is 937. The second-order valence-corrected chi connectivity index (χ2v) is 9.10. The molecule has 28 heavy (non-hydrogen) atoms. The number of piperazine rings is 1. The van der Waals surface area contributed by atoms with Gasteiger partial charge in [0.25, 0.3) is 0 Å². The lowest BCUT2D eigenvalue weighted by Gasteiger charge is -2.36. The Labute approximate surface area is 168 Å². The van der Waals surface area contributed by atoms with Gasteiger partial charge in [-0.25, -0.2) is 0 Å². The Morgan fingerprint density at radius 3 is 2.39 bits per heavy atom. The maximum atomic E-state index is 12.1. The number of allylic oxidation sites excluding steroid dienone is 4. The number of hydrogen-bond acceptors (Lipinski definition) is 3. The van der Waals surface area contributed by atoms with Gasteiger partial charge in [0.2, 0.25) is 0 Å². The van der Waals surface area contributed by atoms with Crippen LogP contribution in [0.15, 0.2) is 48.1 Å². The average molecular weight is 378 g/mol. The largest absolute Gasteiger partial charge is 0.355 e. The summed E-state index contributed by atoms with van der Waals surface area (Å²) < 4.78 is 2.40. The van der Waals surface area contributed by atoms with Gasteiger partial charge in [-0.1, -0.05) is 57.2 Å². The summed E-state index contributed by atoms with van der Waals surface area (Å²) in [6.07, 6.45) is 8.97. The molecule has 0 amide bonds. The van der Waals surface area contributed by atoms with Crippen molar-refractivity contribution in [1.82, 2.24) is 9.47 Å². The molecule has 1 atom stereocenters. The van der Waals surface area contributed by atoms with E-state index in [-0.39, 0.29) is 11.5 Å². The number of carbonyl (C=O) groups is 1. The summed E-state index contributed by atoms with van der Waals surface area (Å²) in [6, 6.07) is 8.57. The zero-order chi connectivity index (χ0) is 19.9. The van der Waals surface area contributed by atoms with Crippen molar-refractivity contribution in [1.29, 1.82) is 0 Å². The highest BCUT2D eigenvalue weighted by molar-refractivity contribution is 6.04. The number of para-hydroxylation sites is 1. The molecule has 0 N–H and O–H groups in total. The van der Waals surface area contributed by atoms with Crippen LogP contribution >= 0.6 is 0 Å². The predicted molar refractivity (Wildman–Crippen MR) is 117 cm³/mol. The number of rotatable bonds is 3. The van der Waals surface area contributed by atoms with Crippen molar-refractivity contribution in [2.45, 2.75) is 33.2 Å². The fourth-order valence-corrected chi connectivity index (χ4v) is 4.43. The van der Waals surface area contributed by atoms with Crippen LogP contribution in [-0.2, 0) is 0 Å². The third-order valence-electron chi connectivity index (χ3n) is 6.12. The second kappa shape index (κ2) is 7.25. The summed E-state index contributed by atoms with van der Waals surface area (Å²) in [5.74, 6) is 1.09. The Balaban J connectivity index is 1.81. The summed E-state index contributed by atoms with van der Waals surface area (Å²) in [5.41, 5.74) is 3.53. The monoisotopic (exact) mass is 377 g/mol. The average Bonchev–Trinajstić information content (AvgIpc) is 3.02. The van der Waals surface area contributed by atoms with Crippen molar-refractivity contribution < 1.29 is 4.79 Å². The van der Waals surface area contributed by atoms with Crippen LogP contribution in [0.25, 0.3) is 10.9 Å². The highest BCUT2D eigenvalue weighted by atomic mass is 16.1. The summed E-state index contributed by atoms with van der Waals surface area (Å²) in [4.78, 5) is 16.9. The number of aromatic nitrogens is 1. The highest BCUT2D eigenvalue weighted by Crippen LogP contribution is 2.39. The minimum absolute atomic E-state index is 0.161. The van der Waals surface area contributed by atoms with E-state index in [0.29, 0.717) is 0 Å². The van der Waals surface area contributed by atoms with E-state index in [1.807, 2.05) is 6.07 Å². The van der Waals surface area contributed by atoms with E-state index in [0.717, 1.165) is 61.2 Å². The molecule has 0 spiro atoms. The molecule has 1 aromatic carbocycles. The van der Waals surface area contributed by atoms with Gasteiger partial charge in [0.1, 0.15) is 5.82 Å². The molecule has 1 aromatic heterocycles. The summed E-state index contributed by atoms with van der Waals surface area (Å²) >= 11 is 0. The molecule has 4 rings (SSSR count). The zero-order valence-electron chi connectivity index (χ0n) is 17.5. The quantitative estimate of drug-likeness (QED) is 0.727. The third kappa shape index (κ3) is 3.30. The van der Waals surface area contributed by atoms with Crippen molar-refractivity contribution >= 4 is 23.0 Å². The van der Waals surface area contributed by atoms with E-state index >= 15 is 0 Å². The van der Waals surface area contributed by atoms with Crippen LogP contribution < -0.4 is 4.90 Å².